The van der Waals surface area contributed by atoms with Crippen LogP contribution in [0.5, 0.6) is 11.5 Å². The molecule has 3 aromatic carbocycles. The van der Waals surface area contributed by atoms with Gasteiger partial charge in [-0.1, -0.05) is 23.7 Å². The number of nitrogens with two attached hydrogens (primary N) is 1. The lowest BCUT2D eigenvalue weighted by atomic mass is 9.76. The molecule has 0 spiro atoms. The highest BCUT2D eigenvalue weighted by Gasteiger charge is 2.28. The van der Waals surface area contributed by atoms with Gasteiger partial charge in [0.05, 0.1) is 15.6 Å². The molecule has 10 heteroatoms. The van der Waals surface area contributed by atoms with Crippen molar-refractivity contribution in [2.24, 2.45) is 11.7 Å². The van der Waals surface area contributed by atoms with Gasteiger partial charge >= 0.3 is 0 Å². The molecule has 0 radical (unpaired) electrons. The smallest absolute Gasteiger partial charge is 0.262 e. The van der Waals surface area contributed by atoms with E-state index in [1.165, 1.54) is 56.6 Å². The number of hydrogen-bond acceptors (Lipinski definition) is 5. The number of primary amides is 1. The third-order valence-electron chi connectivity index (χ3n) is 8.18. The Hall–Kier alpha value is -3.14. The second-order valence-electron chi connectivity index (χ2n) is 10.9. The van der Waals surface area contributed by atoms with Crippen molar-refractivity contribution in [1.29, 1.82) is 0 Å². The van der Waals surface area contributed by atoms with Gasteiger partial charge in [-0.3, -0.25) is 9.52 Å². The lowest BCUT2D eigenvalue weighted by Gasteiger charge is -2.31. The molecule has 0 unspecified atom stereocenters. The van der Waals surface area contributed by atoms with Gasteiger partial charge in [0, 0.05) is 5.56 Å². The second-order valence-corrected chi connectivity index (χ2v) is 13.0. The third-order valence-corrected chi connectivity index (χ3v) is 9.84. The Bertz CT molecular complexity index is 1500. The Balaban J connectivity index is 1.32. The molecule has 0 aromatic heterocycles. The first kappa shape index (κ1) is 29.4. The summed E-state index contributed by atoms with van der Waals surface area (Å²) < 4.78 is 49.0. The van der Waals surface area contributed by atoms with Crippen LogP contribution >= 0.6 is 11.6 Å². The molecule has 1 saturated carbocycles. The van der Waals surface area contributed by atoms with Crippen molar-refractivity contribution in [3.63, 3.8) is 0 Å². The van der Waals surface area contributed by atoms with Crippen LogP contribution in [0.15, 0.2) is 65.6 Å². The van der Waals surface area contributed by atoms with Crippen molar-refractivity contribution in [2.45, 2.75) is 55.8 Å². The molecule has 41 heavy (non-hydrogen) atoms. The molecule has 1 aliphatic heterocycles. The monoisotopic (exact) mass is 599 g/mol. The number of amides is 1. The third kappa shape index (κ3) is 7.20. The molecule has 2 fully saturated rings. The predicted octanol–water partition coefficient (Wildman–Crippen LogP) is 6.93. The minimum atomic E-state index is -4.06. The van der Waals surface area contributed by atoms with E-state index in [2.05, 4.69) is 9.62 Å². The molecule has 5 rings (SSSR count). The molecule has 218 valence electrons. The molecular formula is C31H35ClFN3O4S. The summed E-state index contributed by atoms with van der Waals surface area (Å²) in [6.45, 7) is 3.53. The van der Waals surface area contributed by atoms with Crippen molar-refractivity contribution in [3.8, 4) is 11.5 Å². The lowest BCUT2D eigenvalue weighted by Crippen LogP contribution is -2.25. The minimum absolute atomic E-state index is 0.0308. The molecule has 0 atom stereocenters. The van der Waals surface area contributed by atoms with Crippen molar-refractivity contribution < 1.29 is 22.3 Å². The number of hydrogen-bond donors (Lipinski definition) is 2. The number of likely N-dealkylation sites (tertiary alicyclic amines) is 1. The van der Waals surface area contributed by atoms with Gasteiger partial charge in [0.2, 0.25) is 5.91 Å². The Morgan fingerprint density at radius 2 is 1.73 bits per heavy atom. The highest BCUT2D eigenvalue weighted by molar-refractivity contribution is 7.92. The maximum Gasteiger partial charge on any atom is 0.262 e. The lowest BCUT2D eigenvalue weighted by molar-refractivity contribution is 0.0998. The van der Waals surface area contributed by atoms with E-state index >= 15 is 0 Å². The zero-order valence-electron chi connectivity index (χ0n) is 22.8. The minimum Gasteiger partial charge on any atom is -0.454 e. The molecule has 1 amide bonds. The number of halogens is 2. The van der Waals surface area contributed by atoms with E-state index in [0.717, 1.165) is 38.3 Å². The number of ether oxygens (including phenoxy) is 1. The fourth-order valence-electron chi connectivity index (χ4n) is 5.92. The van der Waals surface area contributed by atoms with E-state index in [-0.39, 0.29) is 33.0 Å². The van der Waals surface area contributed by atoms with Gasteiger partial charge in [-0.25, -0.2) is 12.8 Å². The van der Waals surface area contributed by atoms with E-state index in [1.807, 2.05) is 0 Å². The normalized spacial score (nSPS) is 19.7. The van der Waals surface area contributed by atoms with Crippen molar-refractivity contribution in [2.75, 3.05) is 24.4 Å². The van der Waals surface area contributed by atoms with Crippen molar-refractivity contribution in [3.05, 3.63) is 82.6 Å². The van der Waals surface area contributed by atoms with Gasteiger partial charge in [-0.2, -0.15) is 0 Å². The highest BCUT2D eigenvalue weighted by atomic mass is 35.5. The molecule has 1 heterocycles. The van der Waals surface area contributed by atoms with Crippen molar-refractivity contribution >= 4 is 33.2 Å². The fourth-order valence-corrected chi connectivity index (χ4v) is 7.23. The van der Waals surface area contributed by atoms with Crippen LogP contribution in [0.3, 0.4) is 0 Å². The van der Waals surface area contributed by atoms with E-state index in [0.29, 0.717) is 17.0 Å². The van der Waals surface area contributed by atoms with E-state index in [4.69, 9.17) is 22.1 Å². The van der Waals surface area contributed by atoms with Crippen molar-refractivity contribution in [1.82, 2.24) is 4.90 Å². The number of nitrogens with zero attached hydrogens (tertiary/aromatic N) is 1. The van der Waals surface area contributed by atoms with E-state index in [1.54, 1.807) is 30.3 Å². The maximum absolute atomic E-state index is 13.5. The van der Waals surface area contributed by atoms with Crippen LogP contribution < -0.4 is 15.2 Å². The van der Waals surface area contributed by atoms with Gasteiger partial charge in [-0.05, 0) is 131 Å². The zero-order chi connectivity index (χ0) is 29.0. The number of carbonyl (C=O) groups excluding carboxylic acids is 1. The summed E-state index contributed by atoms with van der Waals surface area (Å²) in [6, 6.07) is 14.7. The average molecular weight is 600 g/mol. The SMILES string of the molecule is NC(=O)c1ccc(S(=O)(=O)Nc2ccccc2Oc2ccc(F)cc2Cl)cc1C1CCC(CCN2CCCC2)CC1. The summed E-state index contributed by atoms with van der Waals surface area (Å²) in [6.07, 6.45) is 7.62. The van der Waals surface area contributed by atoms with E-state index in [9.17, 15) is 17.6 Å². The predicted molar refractivity (Wildman–Crippen MR) is 159 cm³/mol. The van der Waals surface area contributed by atoms with Crippen LogP contribution in [0.1, 0.15) is 66.8 Å². The van der Waals surface area contributed by atoms with Crippen LogP contribution in [0, 0.1) is 11.7 Å². The van der Waals surface area contributed by atoms with Crippen LogP contribution in [-0.2, 0) is 10.0 Å². The van der Waals surface area contributed by atoms with Crippen LogP contribution in [0.25, 0.3) is 0 Å². The number of nitrogens with one attached hydrogen (secondary N) is 1. The van der Waals surface area contributed by atoms with Crippen LogP contribution in [0.2, 0.25) is 5.02 Å². The standard InChI is InChI=1S/C31H35ClFN3O4S/c32-27-19-23(33)11-14-29(27)40-30-6-2-1-5-28(30)35-41(38,39)24-12-13-25(31(34)37)26(20-24)22-9-7-21(8-10-22)15-18-36-16-3-4-17-36/h1-2,5-6,11-14,19-22,35H,3-4,7-10,15-18H2,(H2,34,37). The summed E-state index contributed by atoms with van der Waals surface area (Å²) in [5, 5.41) is 0.0557. The first-order valence-electron chi connectivity index (χ1n) is 14.1. The quantitative estimate of drug-likeness (QED) is 0.263. The maximum atomic E-state index is 13.5. The molecule has 0 bridgehead atoms. The van der Waals surface area contributed by atoms with Crippen LogP contribution in [0.4, 0.5) is 10.1 Å². The largest absolute Gasteiger partial charge is 0.454 e. The number of para-hydroxylation sites is 2. The molecule has 1 saturated heterocycles. The molecule has 1 aliphatic carbocycles. The molecule has 3 aromatic rings. The summed E-state index contributed by atoms with van der Waals surface area (Å²) in [5.74, 6) is 0.00950. The Kier molecular flexibility index (Phi) is 9.16. The van der Waals surface area contributed by atoms with Gasteiger partial charge in [0.1, 0.15) is 11.6 Å². The number of sulfonamides is 1. The average Bonchev–Trinajstić information content (AvgIpc) is 3.48. The van der Waals surface area contributed by atoms with Crippen LogP contribution in [-0.4, -0.2) is 38.9 Å². The van der Waals surface area contributed by atoms with E-state index < -0.39 is 21.7 Å². The first-order valence-corrected chi connectivity index (χ1v) is 16.0. The molecule has 2 aliphatic rings. The first-order chi connectivity index (χ1) is 19.7. The topological polar surface area (TPSA) is 102 Å². The van der Waals surface area contributed by atoms with Gasteiger partial charge in [-0.15, -0.1) is 0 Å². The molecular weight excluding hydrogens is 565 g/mol. The second kappa shape index (κ2) is 12.8. The fraction of sp³-hybridized carbons (Fsp3) is 0.387. The number of benzene rings is 3. The Labute approximate surface area is 245 Å². The summed E-state index contributed by atoms with van der Waals surface area (Å²) >= 11 is 6.10. The Morgan fingerprint density at radius 1 is 1.00 bits per heavy atom. The van der Waals surface area contributed by atoms with Gasteiger partial charge < -0.3 is 15.4 Å². The Morgan fingerprint density at radius 3 is 2.44 bits per heavy atom. The number of carbonyl (C=O) groups is 1. The number of rotatable bonds is 10. The molecule has 7 nitrogen and oxygen atoms in total. The van der Waals surface area contributed by atoms with Gasteiger partial charge in [0.25, 0.3) is 10.0 Å². The summed E-state index contributed by atoms with van der Waals surface area (Å²) in [5.41, 5.74) is 6.93. The summed E-state index contributed by atoms with van der Waals surface area (Å²) in [7, 11) is -4.06. The molecule has 3 N–H and O–H groups in total. The summed E-state index contributed by atoms with van der Waals surface area (Å²) in [4.78, 5) is 14.9. The highest BCUT2D eigenvalue weighted by Crippen LogP contribution is 2.40. The van der Waals surface area contributed by atoms with Gasteiger partial charge in [0.15, 0.2) is 5.75 Å². The zero-order valence-corrected chi connectivity index (χ0v) is 24.4. The number of anilines is 1.